The molecule has 0 saturated heterocycles. The predicted octanol–water partition coefficient (Wildman–Crippen LogP) is 7.17. The third-order valence-electron chi connectivity index (χ3n) is 3.80. The molecule has 0 spiro atoms. The number of urea groups is 1. The number of alkyl halides is 3. The fraction of sp³-hybridized carbons (Fsp3) is 0.0556. The zero-order valence-electron chi connectivity index (χ0n) is 13.7. The Kier molecular flexibility index (Phi) is 5.52. The molecule has 0 aromatic heterocycles. The number of hydrogen-bond donors (Lipinski definition) is 3. The van der Waals surface area contributed by atoms with Crippen molar-refractivity contribution in [3.8, 4) is 5.75 Å². The summed E-state index contributed by atoms with van der Waals surface area (Å²) in [5.74, 6) is -0.0878. The smallest absolute Gasteiger partial charge is 0.416 e. The molecule has 0 saturated carbocycles. The van der Waals surface area contributed by atoms with Crippen LogP contribution in [0.1, 0.15) is 5.56 Å². The maximum atomic E-state index is 12.9. The van der Waals surface area contributed by atoms with Crippen LogP contribution in [-0.4, -0.2) is 11.1 Å². The molecule has 3 aromatic carbocycles. The van der Waals surface area contributed by atoms with E-state index in [1.807, 2.05) is 0 Å². The Hall–Kier alpha value is -2.35. The average molecular weight is 450 g/mol. The number of halogens is 6. The number of rotatable bonds is 2. The van der Waals surface area contributed by atoms with Crippen molar-refractivity contribution in [3.05, 3.63) is 63.1 Å². The van der Waals surface area contributed by atoms with E-state index < -0.39 is 17.8 Å². The fourth-order valence-corrected chi connectivity index (χ4v) is 3.28. The second-order valence-corrected chi connectivity index (χ2v) is 6.94. The number of benzene rings is 3. The van der Waals surface area contributed by atoms with Crippen LogP contribution in [0.4, 0.5) is 29.3 Å². The van der Waals surface area contributed by atoms with Gasteiger partial charge in [0, 0.05) is 10.8 Å². The summed E-state index contributed by atoms with van der Waals surface area (Å²) < 4.78 is 38.6. The highest BCUT2D eigenvalue weighted by atomic mass is 35.5. The van der Waals surface area contributed by atoms with Crippen molar-refractivity contribution in [1.29, 1.82) is 0 Å². The van der Waals surface area contributed by atoms with Crippen LogP contribution < -0.4 is 10.6 Å². The minimum absolute atomic E-state index is 0.0761. The van der Waals surface area contributed by atoms with Gasteiger partial charge in [0.15, 0.2) is 0 Å². The summed E-state index contributed by atoms with van der Waals surface area (Å²) in [4.78, 5) is 12.3. The largest absolute Gasteiger partial charge is 0.508 e. The molecule has 2 amide bonds. The summed E-state index contributed by atoms with van der Waals surface area (Å²) >= 11 is 18.1. The number of fused-ring (bicyclic) bond motifs is 1. The number of phenols is 1. The summed E-state index contributed by atoms with van der Waals surface area (Å²) in [5.41, 5.74) is -1.07. The molecule has 0 aliphatic rings. The topological polar surface area (TPSA) is 61.4 Å². The Morgan fingerprint density at radius 2 is 1.57 bits per heavy atom. The molecule has 3 aromatic rings. The molecular weight excluding hydrogens is 440 g/mol. The number of phenolic OH excluding ortho intramolecular Hbond substituents is 1. The molecular formula is C18H10Cl3F3N2O2. The van der Waals surface area contributed by atoms with Crippen molar-refractivity contribution in [1.82, 2.24) is 0 Å². The van der Waals surface area contributed by atoms with Crippen molar-refractivity contribution in [2.45, 2.75) is 6.18 Å². The van der Waals surface area contributed by atoms with E-state index >= 15 is 0 Å². The van der Waals surface area contributed by atoms with Gasteiger partial charge in [-0.2, -0.15) is 13.2 Å². The normalized spacial score (nSPS) is 11.5. The van der Waals surface area contributed by atoms with Crippen LogP contribution in [0.5, 0.6) is 5.75 Å². The maximum Gasteiger partial charge on any atom is 0.416 e. The summed E-state index contributed by atoms with van der Waals surface area (Å²) in [6, 6.07) is 7.37. The monoisotopic (exact) mass is 448 g/mol. The molecule has 4 nitrogen and oxygen atoms in total. The van der Waals surface area contributed by atoms with E-state index in [0.29, 0.717) is 15.8 Å². The minimum atomic E-state index is -4.59. The Bertz CT molecular complexity index is 1090. The number of amides is 2. The Balaban J connectivity index is 1.94. The lowest BCUT2D eigenvalue weighted by molar-refractivity contribution is -0.137. The molecule has 0 heterocycles. The highest BCUT2D eigenvalue weighted by Crippen LogP contribution is 2.38. The second kappa shape index (κ2) is 7.58. The standard InChI is InChI=1S/C18H10Cl3F3N2O2/c19-12-4-1-8(18(22,23)24)5-15(12)25-17(28)26-16-11-6-9(27)2-3-10(11)13(20)7-14(16)21/h1-7,27H,(H2,25,26,28). The van der Waals surface area contributed by atoms with E-state index in [-0.39, 0.29) is 27.2 Å². The van der Waals surface area contributed by atoms with E-state index in [2.05, 4.69) is 10.6 Å². The first-order valence-corrected chi connectivity index (χ1v) is 8.75. The van der Waals surface area contributed by atoms with Crippen molar-refractivity contribution in [2.75, 3.05) is 10.6 Å². The molecule has 0 unspecified atom stereocenters. The zero-order chi connectivity index (χ0) is 20.6. The zero-order valence-corrected chi connectivity index (χ0v) is 15.9. The van der Waals surface area contributed by atoms with Crippen LogP contribution in [0.15, 0.2) is 42.5 Å². The number of carbonyl (C=O) groups is 1. The van der Waals surface area contributed by atoms with Crippen molar-refractivity contribution in [3.63, 3.8) is 0 Å². The molecule has 28 heavy (non-hydrogen) atoms. The third-order valence-corrected chi connectivity index (χ3v) is 4.74. The van der Waals surface area contributed by atoms with E-state index in [0.717, 1.165) is 18.2 Å². The first kappa shape index (κ1) is 20.4. The summed E-state index contributed by atoms with van der Waals surface area (Å²) in [5, 5.41) is 15.6. The SMILES string of the molecule is O=C(Nc1cc(C(F)(F)F)ccc1Cl)Nc1c(Cl)cc(Cl)c2ccc(O)cc12. The third kappa shape index (κ3) is 4.22. The molecule has 3 rings (SSSR count). The number of aromatic hydroxyl groups is 1. The van der Waals surface area contributed by atoms with Gasteiger partial charge in [-0.25, -0.2) is 4.79 Å². The highest BCUT2D eigenvalue weighted by molar-refractivity contribution is 6.41. The lowest BCUT2D eigenvalue weighted by Gasteiger charge is -2.15. The lowest BCUT2D eigenvalue weighted by Crippen LogP contribution is -2.20. The van der Waals surface area contributed by atoms with Gasteiger partial charge in [0.1, 0.15) is 5.75 Å². The fourth-order valence-electron chi connectivity index (χ4n) is 2.53. The quantitative estimate of drug-likeness (QED) is 0.388. The number of anilines is 2. The summed E-state index contributed by atoms with van der Waals surface area (Å²) in [6.07, 6.45) is -4.59. The van der Waals surface area contributed by atoms with E-state index in [4.69, 9.17) is 34.8 Å². The maximum absolute atomic E-state index is 12.9. The average Bonchev–Trinajstić information content (AvgIpc) is 2.59. The van der Waals surface area contributed by atoms with Crippen LogP contribution in [0.3, 0.4) is 0 Å². The summed E-state index contributed by atoms with van der Waals surface area (Å²) in [6.45, 7) is 0. The molecule has 10 heteroatoms. The molecule has 0 aliphatic carbocycles. The van der Waals surface area contributed by atoms with Crippen LogP contribution >= 0.6 is 34.8 Å². The van der Waals surface area contributed by atoms with Gasteiger partial charge in [0.25, 0.3) is 0 Å². The second-order valence-electron chi connectivity index (χ2n) is 5.72. The van der Waals surface area contributed by atoms with Gasteiger partial charge in [-0.05, 0) is 42.5 Å². The van der Waals surface area contributed by atoms with Gasteiger partial charge in [-0.15, -0.1) is 0 Å². The Labute approximate surface area is 171 Å². The number of hydrogen-bond acceptors (Lipinski definition) is 2. The lowest BCUT2D eigenvalue weighted by atomic mass is 10.1. The van der Waals surface area contributed by atoms with Crippen LogP contribution in [0.2, 0.25) is 15.1 Å². The van der Waals surface area contributed by atoms with Gasteiger partial charge < -0.3 is 15.7 Å². The van der Waals surface area contributed by atoms with Gasteiger partial charge in [0.2, 0.25) is 0 Å². The molecule has 0 aliphatic heterocycles. The molecule has 0 bridgehead atoms. The van der Waals surface area contributed by atoms with Crippen molar-refractivity contribution >= 4 is 63.0 Å². The van der Waals surface area contributed by atoms with Crippen molar-refractivity contribution < 1.29 is 23.1 Å². The van der Waals surface area contributed by atoms with Gasteiger partial charge >= 0.3 is 12.2 Å². The number of nitrogens with one attached hydrogen (secondary N) is 2. The predicted molar refractivity (Wildman–Crippen MR) is 105 cm³/mol. The van der Waals surface area contributed by atoms with E-state index in [1.54, 1.807) is 0 Å². The number of carbonyl (C=O) groups excluding carboxylic acids is 1. The van der Waals surface area contributed by atoms with Crippen LogP contribution in [0, 0.1) is 0 Å². The highest BCUT2D eigenvalue weighted by Gasteiger charge is 2.31. The first-order valence-electron chi connectivity index (χ1n) is 7.62. The minimum Gasteiger partial charge on any atom is -0.508 e. The summed E-state index contributed by atoms with van der Waals surface area (Å²) in [7, 11) is 0. The Morgan fingerprint density at radius 3 is 2.25 bits per heavy atom. The molecule has 146 valence electrons. The first-order chi connectivity index (χ1) is 13.1. The molecule has 0 atom stereocenters. The van der Waals surface area contributed by atoms with E-state index in [1.165, 1.54) is 24.3 Å². The molecule has 0 radical (unpaired) electrons. The van der Waals surface area contributed by atoms with Gasteiger partial charge in [-0.1, -0.05) is 34.8 Å². The van der Waals surface area contributed by atoms with Gasteiger partial charge in [0.05, 0.1) is 32.0 Å². The Morgan fingerprint density at radius 1 is 0.857 bits per heavy atom. The van der Waals surface area contributed by atoms with Crippen LogP contribution in [0.25, 0.3) is 10.8 Å². The van der Waals surface area contributed by atoms with Crippen molar-refractivity contribution in [2.24, 2.45) is 0 Å². The van der Waals surface area contributed by atoms with Gasteiger partial charge in [-0.3, -0.25) is 0 Å². The van der Waals surface area contributed by atoms with Crippen LogP contribution in [-0.2, 0) is 6.18 Å². The van der Waals surface area contributed by atoms with E-state index in [9.17, 15) is 23.1 Å². The molecule has 3 N–H and O–H groups in total. The molecule has 0 fully saturated rings.